The van der Waals surface area contributed by atoms with E-state index in [9.17, 15) is 14.9 Å². The largest absolute Gasteiger partial charge is 0.379 e. The highest BCUT2D eigenvalue weighted by Gasteiger charge is 2.22. The summed E-state index contributed by atoms with van der Waals surface area (Å²) in [5, 5.41) is 13.7. The third kappa shape index (κ3) is 6.43. The van der Waals surface area contributed by atoms with E-state index in [2.05, 4.69) is 24.1 Å². The van der Waals surface area contributed by atoms with Crippen molar-refractivity contribution in [2.75, 3.05) is 32.8 Å². The molecule has 1 aliphatic rings. The van der Waals surface area contributed by atoms with Crippen LogP contribution in [0.2, 0.25) is 0 Å². The van der Waals surface area contributed by atoms with Gasteiger partial charge in [-0.1, -0.05) is 26.0 Å². The Labute approximate surface area is 148 Å². The van der Waals surface area contributed by atoms with Crippen molar-refractivity contribution in [2.24, 2.45) is 5.92 Å². The van der Waals surface area contributed by atoms with Crippen LogP contribution in [0.5, 0.6) is 0 Å². The van der Waals surface area contributed by atoms with E-state index in [1.165, 1.54) is 12.1 Å². The minimum absolute atomic E-state index is 0.0356. The first-order valence-electron chi connectivity index (χ1n) is 8.77. The molecule has 1 saturated heterocycles. The van der Waals surface area contributed by atoms with Crippen molar-refractivity contribution in [3.8, 4) is 0 Å². The Morgan fingerprint density at radius 1 is 1.28 bits per heavy atom. The van der Waals surface area contributed by atoms with Crippen molar-refractivity contribution in [1.29, 1.82) is 0 Å². The van der Waals surface area contributed by atoms with Gasteiger partial charge in [0.2, 0.25) is 5.91 Å². The number of nitro benzene ring substituents is 1. The molecule has 0 bridgehead atoms. The van der Waals surface area contributed by atoms with Crippen LogP contribution in [0.1, 0.15) is 25.8 Å². The minimum atomic E-state index is -0.442. The number of hydrogen-bond donors (Lipinski definition) is 1. The van der Waals surface area contributed by atoms with E-state index in [1.807, 2.05) is 0 Å². The number of nitro groups is 1. The number of morpholine rings is 1. The van der Waals surface area contributed by atoms with E-state index >= 15 is 0 Å². The van der Waals surface area contributed by atoms with Crippen LogP contribution in [0, 0.1) is 16.0 Å². The van der Waals surface area contributed by atoms with Crippen molar-refractivity contribution < 1.29 is 14.5 Å². The maximum absolute atomic E-state index is 12.2. The van der Waals surface area contributed by atoms with Gasteiger partial charge in [-0.05, 0) is 17.9 Å². The lowest BCUT2D eigenvalue weighted by Gasteiger charge is -2.35. The predicted molar refractivity (Wildman–Crippen MR) is 95.4 cm³/mol. The number of non-ortho nitro benzene ring substituents is 1. The van der Waals surface area contributed by atoms with Crippen LogP contribution in [0.25, 0.3) is 0 Å². The molecule has 1 aromatic carbocycles. The predicted octanol–water partition coefficient (Wildman–Crippen LogP) is 2.00. The standard InChI is InChI=1S/C18H27N3O4/c1-14(2)11-17(20-7-9-25-10-8-20)13-19-18(22)12-15-3-5-16(6-4-15)21(23)24/h3-6,14,17H,7-13H2,1-2H3,(H,19,22). The van der Waals surface area contributed by atoms with Gasteiger partial charge in [0.15, 0.2) is 0 Å². The van der Waals surface area contributed by atoms with Crippen LogP contribution in [-0.4, -0.2) is 54.6 Å². The number of carbonyl (C=O) groups is 1. The molecular formula is C18H27N3O4. The molecule has 1 aliphatic heterocycles. The van der Waals surface area contributed by atoms with Gasteiger partial charge in [0, 0.05) is 37.8 Å². The second-order valence-corrected chi connectivity index (χ2v) is 6.84. The maximum atomic E-state index is 12.2. The average Bonchev–Trinajstić information content (AvgIpc) is 2.59. The van der Waals surface area contributed by atoms with Gasteiger partial charge in [-0.2, -0.15) is 0 Å². The summed E-state index contributed by atoms with van der Waals surface area (Å²) in [6.45, 7) is 8.27. The molecular weight excluding hydrogens is 322 g/mol. The number of carbonyl (C=O) groups excluding carboxylic acids is 1. The smallest absolute Gasteiger partial charge is 0.269 e. The molecule has 1 amide bonds. The number of amides is 1. The molecule has 1 fully saturated rings. The van der Waals surface area contributed by atoms with Gasteiger partial charge in [-0.25, -0.2) is 0 Å². The van der Waals surface area contributed by atoms with Crippen LogP contribution < -0.4 is 5.32 Å². The Balaban J connectivity index is 1.85. The molecule has 1 unspecified atom stereocenters. The van der Waals surface area contributed by atoms with Gasteiger partial charge < -0.3 is 10.1 Å². The van der Waals surface area contributed by atoms with E-state index in [0.29, 0.717) is 18.5 Å². The minimum Gasteiger partial charge on any atom is -0.379 e. The van der Waals surface area contributed by atoms with Crippen molar-refractivity contribution in [3.63, 3.8) is 0 Å². The number of nitrogens with zero attached hydrogens (tertiary/aromatic N) is 2. The summed E-state index contributed by atoms with van der Waals surface area (Å²) >= 11 is 0. The molecule has 2 rings (SSSR count). The molecule has 7 nitrogen and oxygen atoms in total. The van der Waals surface area contributed by atoms with Gasteiger partial charge in [-0.15, -0.1) is 0 Å². The third-order valence-corrected chi connectivity index (χ3v) is 4.35. The second-order valence-electron chi connectivity index (χ2n) is 6.84. The lowest BCUT2D eigenvalue weighted by molar-refractivity contribution is -0.384. The van der Waals surface area contributed by atoms with Gasteiger partial charge >= 0.3 is 0 Å². The van der Waals surface area contributed by atoms with Gasteiger partial charge in [0.1, 0.15) is 0 Å². The molecule has 1 atom stereocenters. The van der Waals surface area contributed by atoms with Crippen LogP contribution in [0.4, 0.5) is 5.69 Å². The van der Waals surface area contributed by atoms with E-state index < -0.39 is 4.92 Å². The number of benzene rings is 1. The highest BCUT2D eigenvalue weighted by molar-refractivity contribution is 5.78. The molecule has 7 heteroatoms. The summed E-state index contributed by atoms with van der Waals surface area (Å²) in [5.74, 6) is 0.496. The highest BCUT2D eigenvalue weighted by Crippen LogP contribution is 2.14. The Morgan fingerprint density at radius 3 is 2.48 bits per heavy atom. The van der Waals surface area contributed by atoms with Crippen LogP contribution in [-0.2, 0) is 16.0 Å². The first-order chi connectivity index (χ1) is 12.0. The first kappa shape index (κ1) is 19.3. The fourth-order valence-electron chi connectivity index (χ4n) is 3.06. The Morgan fingerprint density at radius 2 is 1.92 bits per heavy atom. The van der Waals surface area contributed by atoms with Crippen molar-refractivity contribution in [2.45, 2.75) is 32.7 Å². The fourth-order valence-corrected chi connectivity index (χ4v) is 3.06. The molecule has 1 heterocycles. The molecule has 0 radical (unpaired) electrons. The molecule has 0 aliphatic carbocycles. The van der Waals surface area contributed by atoms with Crippen molar-refractivity contribution >= 4 is 11.6 Å². The Bertz CT molecular complexity index is 568. The average molecular weight is 349 g/mol. The normalized spacial score (nSPS) is 16.6. The SMILES string of the molecule is CC(C)CC(CNC(=O)Cc1ccc([N+](=O)[O-])cc1)N1CCOCC1. The van der Waals surface area contributed by atoms with Gasteiger partial charge in [0.05, 0.1) is 24.6 Å². The zero-order valence-electron chi connectivity index (χ0n) is 14.9. The summed E-state index contributed by atoms with van der Waals surface area (Å²) in [6.07, 6.45) is 1.26. The molecule has 0 saturated carbocycles. The molecule has 25 heavy (non-hydrogen) atoms. The van der Waals surface area contributed by atoms with Gasteiger partial charge in [-0.3, -0.25) is 19.8 Å². The highest BCUT2D eigenvalue weighted by atomic mass is 16.6. The second kappa shape index (κ2) is 9.48. The topological polar surface area (TPSA) is 84.7 Å². The first-order valence-corrected chi connectivity index (χ1v) is 8.77. The molecule has 1 aromatic rings. The molecule has 138 valence electrons. The van der Waals surface area contributed by atoms with Crippen molar-refractivity contribution in [1.82, 2.24) is 10.2 Å². The fraction of sp³-hybridized carbons (Fsp3) is 0.611. The van der Waals surface area contributed by atoms with E-state index in [0.717, 1.165) is 38.3 Å². The van der Waals surface area contributed by atoms with E-state index in [4.69, 9.17) is 4.74 Å². The summed E-state index contributed by atoms with van der Waals surface area (Å²) in [7, 11) is 0. The lowest BCUT2D eigenvalue weighted by atomic mass is 10.0. The van der Waals surface area contributed by atoms with E-state index in [1.54, 1.807) is 12.1 Å². The summed E-state index contributed by atoms with van der Waals surface area (Å²) in [6, 6.07) is 6.43. The van der Waals surface area contributed by atoms with Crippen LogP contribution in [0.15, 0.2) is 24.3 Å². The Kier molecular flexibility index (Phi) is 7.33. The summed E-state index contributed by atoms with van der Waals surface area (Å²) < 4.78 is 5.41. The van der Waals surface area contributed by atoms with E-state index in [-0.39, 0.29) is 18.0 Å². The van der Waals surface area contributed by atoms with Crippen LogP contribution >= 0.6 is 0 Å². The van der Waals surface area contributed by atoms with Crippen LogP contribution in [0.3, 0.4) is 0 Å². The summed E-state index contributed by atoms with van der Waals surface area (Å²) in [4.78, 5) is 24.8. The zero-order chi connectivity index (χ0) is 18.2. The van der Waals surface area contributed by atoms with Gasteiger partial charge in [0.25, 0.3) is 5.69 Å². The number of nitrogens with one attached hydrogen (secondary N) is 1. The molecule has 0 spiro atoms. The number of ether oxygens (including phenoxy) is 1. The summed E-state index contributed by atoms with van der Waals surface area (Å²) in [5.41, 5.74) is 0.809. The third-order valence-electron chi connectivity index (χ3n) is 4.35. The maximum Gasteiger partial charge on any atom is 0.269 e. The monoisotopic (exact) mass is 349 g/mol. The number of rotatable bonds is 8. The van der Waals surface area contributed by atoms with Crippen molar-refractivity contribution in [3.05, 3.63) is 39.9 Å². The lowest BCUT2D eigenvalue weighted by Crippen LogP contribution is -2.49. The number of hydrogen-bond acceptors (Lipinski definition) is 5. The molecule has 0 aromatic heterocycles. The zero-order valence-corrected chi connectivity index (χ0v) is 14.9. The quantitative estimate of drug-likeness (QED) is 0.573. The Hall–Kier alpha value is -1.99. The molecule has 1 N–H and O–H groups in total.